The third kappa shape index (κ3) is 3.07. The average Bonchev–Trinajstić information content (AvgIpc) is 1.85. The second kappa shape index (κ2) is 3.88. The van der Waals surface area contributed by atoms with Gasteiger partial charge in [0.15, 0.2) is 0 Å². The summed E-state index contributed by atoms with van der Waals surface area (Å²) >= 11 is 0. The monoisotopic (exact) mass is 141 g/mol. The Kier molecular flexibility index (Phi) is 3.47. The summed E-state index contributed by atoms with van der Waals surface area (Å²) in [5.74, 6) is -0.471. The van der Waals surface area contributed by atoms with E-state index in [1.165, 1.54) is 0 Å². The van der Waals surface area contributed by atoms with Crippen molar-refractivity contribution in [1.82, 2.24) is 0 Å². The molecule has 0 aliphatic rings. The van der Waals surface area contributed by atoms with Crippen molar-refractivity contribution < 1.29 is 4.39 Å². The summed E-state index contributed by atoms with van der Waals surface area (Å²) in [5, 5.41) is 0. The minimum absolute atomic E-state index is 0.134. The fraction of sp³-hybridized carbons (Fsp3) is 0.250. The quantitative estimate of drug-likeness (QED) is 0.586. The van der Waals surface area contributed by atoms with Gasteiger partial charge in [0.25, 0.3) is 0 Å². The minimum atomic E-state index is -0.471. The van der Waals surface area contributed by atoms with Gasteiger partial charge >= 0.3 is 0 Å². The van der Waals surface area contributed by atoms with E-state index in [4.69, 9.17) is 5.73 Å². The van der Waals surface area contributed by atoms with Crippen molar-refractivity contribution in [3.63, 3.8) is 0 Å². The predicted octanol–water partition coefficient (Wildman–Crippen LogP) is 2.28. The number of hydrogen-bond acceptors (Lipinski definition) is 1. The van der Waals surface area contributed by atoms with Crippen LogP contribution >= 0.6 is 0 Å². The molecule has 0 spiro atoms. The first-order valence-corrected chi connectivity index (χ1v) is 3.00. The van der Waals surface area contributed by atoms with E-state index in [9.17, 15) is 4.39 Å². The Morgan fingerprint density at radius 3 is 2.30 bits per heavy atom. The number of halogens is 1. The Morgan fingerprint density at radius 1 is 1.50 bits per heavy atom. The Hall–Kier alpha value is -1.05. The van der Waals surface area contributed by atoms with E-state index < -0.39 is 5.83 Å². The van der Waals surface area contributed by atoms with Crippen molar-refractivity contribution in [2.45, 2.75) is 13.8 Å². The zero-order valence-electron chi connectivity index (χ0n) is 6.32. The second-order valence-electron chi connectivity index (χ2n) is 2.23. The van der Waals surface area contributed by atoms with Crippen LogP contribution in [0.3, 0.4) is 0 Å². The Labute approximate surface area is 60.7 Å². The van der Waals surface area contributed by atoms with E-state index in [1.54, 1.807) is 6.08 Å². The van der Waals surface area contributed by atoms with Gasteiger partial charge in [0.05, 0.1) is 5.70 Å². The van der Waals surface area contributed by atoms with Crippen LogP contribution in [0.5, 0.6) is 0 Å². The maximum atomic E-state index is 12.5. The topological polar surface area (TPSA) is 26.0 Å². The fourth-order valence-electron chi connectivity index (χ4n) is 0.498. The number of hydrogen-bond donors (Lipinski definition) is 1. The van der Waals surface area contributed by atoms with E-state index in [-0.39, 0.29) is 5.70 Å². The van der Waals surface area contributed by atoms with Crippen LogP contribution in [0.4, 0.5) is 4.39 Å². The Bertz CT molecular complexity index is 185. The first-order chi connectivity index (χ1) is 4.57. The molecule has 0 aliphatic carbocycles. The lowest BCUT2D eigenvalue weighted by molar-refractivity contribution is 0.657. The zero-order valence-corrected chi connectivity index (χ0v) is 6.32. The lowest BCUT2D eigenvalue weighted by Gasteiger charge is -1.93. The summed E-state index contributed by atoms with van der Waals surface area (Å²) in [6, 6.07) is 0. The molecule has 1 nitrogen and oxygen atoms in total. The van der Waals surface area contributed by atoms with Crippen LogP contribution in [0.1, 0.15) is 13.8 Å². The largest absolute Gasteiger partial charge is 0.396 e. The summed E-state index contributed by atoms with van der Waals surface area (Å²) in [5.41, 5.74) is 6.39. The Balaban J connectivity index is 4.48. The number of rotatable bonds is 2. The lowest BCUT2D eigenvalue weighted by atomic mass is 10.2. The minimum Gasteiger partial charge on any atom is -0.396 e. The molecule has 0 fully saturated rings. The SMILES string of the molecule is C=C/C(F)=C(/N)C=C(C)C. The van der Waals surface area contributed by atoms with Crippen molar-refractivity contribution >= 4 is 0 Å². The van der Waals surface area contributed by atoms with Crippen LogP contribution in [0.15, 0.2) is 35.8 Å². The molecule has 0 aromatic rings. The van der Waals surface area contributed by atoms with Gasteiger partial charge in [0, 0.05) is 0 Å². The zero-order chi connectivity index (χ0) is 8.15. The molecule has 0 saturated carbocycles. The highest BCUT2D eigenvalue weighted by atomic mass is 19.1. The maximum Gasteiger partial charge on any atom is 0.145 e. The highest BCUT2D eigenvalue weighted by Crippen LogP contribution is 2.04. The predicted molar refractivity (Wildman–Crippen MR) is 41.9 cm³/mol. The average molecular weight is 141 g/mol. The standard InChI is InChI=1S/C8H12FN/c1-4-7(9)8(10)5-6(2)3/h4-5H,1,10H2,2-3H3/b8-7-. The van der Waals surface area contributed by atoms with Crippen LogP contribution in [0.25, 0.3) is 0 Å². The number of allylic oxidation sites excluding steroid dienone is 4. The highest BCUT2D eigenvalue weighted by molar-refractivity contribution is 5.26. The highest BCUT2D eigenvalue weighted by Gasteiger charge is 1.92. The summed E-state index contributed by atoms with van der Waals surface area (Å²) in [6.45, 7) is 6.95. The van der Waals surface area contributed by atoms with Gasteiger partial charge in [-0.05, 0) is 26.0 Å². The molecule has 0 bridgehead atoms. The van der Waals surface area contributed by atoms with Crippen molar-refractivity contribution in [3.8, 4) is 0 Å². The van der Waals surface area contributed by atoms with Gasteiger partial charge in [-0.1, -0.05) is 12.2 Å². The lowest BCUT2D eigenvalue weighted by Crippen LogP contribution is -1.95. The van der Waals surface area contributed by atoms with Gasteiger partial charge in [0.1, 0.15) is 5.83 Å². The summed E-state index contributed by atoms with van der Waals surface area (Å²) in [6.07, 6.45) is 2.66. The van der Waals surface area contributed by atoms with E-state index >= 15 is 0 Å². The van der Waals surface area contributed by atoms with Crippen LogP contribution in [-0.2, 0) is 0 Å². The first-order valence-electron chi connectivity index (χ1n) is 3.00. The van der Waals surface area contributed by atoms with E-state index in [0.29, 0.717) is 0 Å². The maximum absolute atomic E-state index is 12.5. The molecule has 0 aromatic carbocycles. The number of nitrogens with two attached hydrogens (primary N) is 1. The van der Waals surface area contributed by atoms with Crippen molar-refractivity contribution in [2.75, 3.05) is 0 Å². The molecule has 0 aliphatic heterocycles. The van der Waals surface area contributed by atoms with Crippen LogP contribution in [0.2, 0.25) is 0 Å². The third-order valence-electron chi connectivity index (χ3n) is 0.899. The Morgan fingerprint density at radius 2 is 2.00 bits per heavy atom. The normalized spacial score (nSPS) is 11.9. The molecular weight excluding hydrogens is 129 g/mol. The van der Waals surface area contributed by atoms with E-state index in [0.717, 1.165) is 11.6 Å². The molecule has 10 heavy (non-hydrogen) atoms. The van der Waals surface area contributed by atoms with Gasteiger partial charge < -0.3 is 5.73 Å². The van der Waals surface area contributed by atoms with Gasteiger partial charge in [-0.2, -0.15) is 0 Å². The molecule has 0 aromatic heterocycles. The van der Waals surface area contributed by atoms with Gasteiger partial charge in [-0.15, -0.1) is 0 Å². The molecule has 0 heterocycles. The summed E-state index contributed by atoms with van der Waals surface area (Å²) < 4.78 is 12.5. The van der Waals surface area contributed by atoms with Crippen molar-refractivity contribution in [3.05, 3.63) is 35.8 Å². The molecule has 56 valence electrons. The summed E-state index contributed by atoms with van der Waals surface area (Å²) in [7, 11) is 0. The second-order valence-corrected chi connectivity index (χ2v) is 2.23. The van der Waals surface area contributed by atoms with Crippen LogP contribution < -0.4 is 5.73 Å². The van der Waals surface area contributed by atoms with Crippen LogP contribution in [-0.4, -0.2) is 0 Å². The molecular formula is C8H12FN. The summed E-state index contributed by atoms with van der Waals surface area (Å²) in [4.78, 5) is 0. The molecule has 0 unspecified atom stereocenters. The van der Waals surface area contributed by atoms with Crippen molar-refractivity contribution in [2.24, 2.45) is 5.73 Å². The van der Waals surface area contributed by atoms with Gasteiger partial charge in [-0.25, -0.2) is 4.39 Å². The third-order valence-corrected chi connectivity index (χ3v) is 0.899. The first kappa shape index (κ1) is 8.95. The molecule has 0 rings (SSSR count). The van der Waals surface area contributed by atoms with Crippen LogP contribution in [0, 0.1) is 0 Å². The molecule has 0 radical (unpaired) electrons. The molecule has 0 amide bonds. The molecule has 0 atom stereocenters. The van der Waals surface area contributed by atoms with Crippen molar-refractivity contribution in [1.29, 1.82) is 0 Å². The van der Waals surface area contributed by atoms with Gasteiger partial charge in [-0.3, -0.25) is 0 Å². The molecule has 2 N–H and O–H groups in total. The molecule has 2 heteroatoms. The van der Waals surface area contributed by atoms with E-state index in [2.05, 4.69) is 6.58 Å². The fourth-order valence-corrected chi connectivity index (χ4v) is 0.498. The van der Waals surface area contributed by atoms with E-state index in [1.807, 2.05) is 13.8 Å². The smallest absolute Gasteiger partial charge is 0.145 e. The van der Waals surface area contributed by atoms with Gasteiger partial charge in [0.2, 0.25) is 0 Å². The molecule has 0 saturated heterocycles.